The van der Waals surface area contributed by atoms with Gasteiger partial charge in [-0.15, -0.1) is 0 Å². The molecule has 0 radical (unpaired) electrons. The van der Waals surface area contributed by atoms with Crippen molar-refractivity contribution in [1.82, 2.24) is 4.89 Å². The number of nitrogens with one attached hydrogen (secondary N) is 1. The van der Waals surface area contributed by atoms with E-state index in [0.717, 1.165) is 4.89 Å². The van der Waals surface area contributed by atoms with Gasteiger partial charge >= 0.3 is 5.97 Å². The number of sulfonamides is 1. The fourth-order valence-corrected chi connectivity index (χ4v) is 1.11. The molecule has 0 saturated carbocycles. The molecule has 0 aliphatic rings. The zero-order valence-corrected chi connectivity index (χ0v) is 6.91. The van der Waals surface area contributed by atoms with E-state index in [9.17, 15) is 13.2 Å². The van der Waals surface area contributed by atoms with E-state index in [-0.39, 0.29) is 6.42 Å². The van der Waals surface area contributed by atoms with Crippen molar-refractivity contribution in [2.24, 2.45) is 5.73 Å². The number of carboxylic acid groups (broad SMARTS) is 1. The van der Waals surface area contributed by atoms with Gasteiger partial charge < -0.3 is 16.0 Å². The maximum Gasteiger partial charge on any atom is 0.320 e. The zero-order valence-electron chi connectivity index (χ0n) is 6.10. The smallest absolute Gasteiger partial charge is 0.320 e. The van der Waals surface area contributed by atoms with Crippen LogP contribution in [0.4, 0.5) is 0 Å². The van der Waals surface area contributed by atoms with Crippen LogP contribution < -0.4 is 10.6 Å². The summed E-state index contributed by atoms with van der Waals surface area (Å²) in [6.07, 6.45) is -0.245. The number of rotatable bonds is 5. The van der Waals surface area contributed by atoms with E-state index in [1.807, 2.05) is 0 Å². The number of carbonyl (C=O) groups is 1. The van der Waals surface area contributed by atoms with Crippen LogP contribution in [0.3, 0.4) is 0 Å². The summed E-state index contributed by atoms with van der Waals surface area (Å²) in [5, 5.41) is 16.3. The van der Waals surface area contributed by atoms with E-state index in [0.29, 0.717) is 0 Å². The van der Waals surface area contributed by atoms with Crippen molar-refractivity contribution in [3.05, 3.63) is 0 Å². The third kappa shape index (κ3) is 4.23. The first-order valence-electron chi connectivity index (χ1n) is 3.01. The number of aliphatic carboxylic acids is 1. The molecule has 0 bridgehead atoms. The van der Waals surface area contributed by atoms with Crippen LogP contribution in [0, 0.1) is 0 Å². The van der Waals surface area contributed by atoms with Gasteiger partial charge in [-0.2, -0.15) is 0 Å². The van der Waals surface area contributed by atoms with E-state index >= 15 is 0 Å². The minimum Gasteiger partial charge on any atom is -0.480 e. The Morgan fingerprint density at radius 1 is 1.58 bits per heavy atom. The molecule has 5 N–H and O–H groups in total. The van der Waals surface area contributed by atoms with Gasteiger partial charge in [0.25, 0.3) is 0 Å². The van der Waals surface area contributed by atoms with Gasteiger partial charge in [-0.3, -0.25) is 4.79 Å². The molecule has 0 aromatic heterocycles. The van der Waals surface area contributed by atoms with Gasteiger partial charge in [0.05, 0.1) is 5.75 Å². The molecular weight excluding hydrogens is 188 g/mol. The van der Waals surface area contributed by atoms with Crippen LogP contribution in [0.2, 0.25) is 0 Å². The molecule has 7 nitrogen and oxygen atoms in total. The van der Waals surface area contributed by atoms with Crippen molar-refractivity contribution in [2.45, 2.75) is 12.5 Å². The van der Waals surface area contributed by atoms with Crippen LogP contribution in [0.1, 0.15) is 6.42 Å². The summed E-state index contributed by atoms with van der Waals surface area (Å²) in [5.41, 5.74) is 5.00. The van der Waals surface area contributed by atoms with Gasteiger partial charge in [-0.1, -0.05) is 4.89 Å². The largest absolute Gasteiger partial charge is 0.480 e. The average Bonchev–Trinajstić information content (AvgIpc) is 2.00. The molecule has 1 atom stereocenters. The second kappa shape index (κ2) is 4.36. The standard InChI is InChI=1S/C4H10N2O5S/c5-3(4(7)8)1-2-12(10,11)6-9/h3,6,9H,1-2,5H2,(H,7,8). The quantitative estimate of drug-likeness (QED) is 0.382. The molecule has 0 amide bonds. The van der Waals surface area contributed by atoms with Crippen molar-refractivity contribution < 1.29 is 23.5 Å². The van der Waals surface area contributed by atoms with Gasteiger partial charge in [0.2, 0.25) is 10.0 Å². The summed E-state index contributed by atoms with van der Waals surface area (Å²) < 4.78 is 21.0. The van der Waals surface area contributed by atoms with Crippen molar-refractivity contribution in [2.75, 3.05) is 5.75 Å². The lowest BCUT2D eigenvalue weighted by molar-refractivity contribution is -0.138. The van der Waals surface area contributed by atoms with E-state index < -0.39 is 27.8 Å². The summed E-state index contributed by atoms with van der Waals surface area (Å²) in [7, 11) is -3.79. The van der Waals surface area contributed by atoms with E-state index in [2.05, 4.69) is 0 Å². The predicted octanol–water partition coefficient (Wildman–Crippen LogP) is -1.90. The van der Waals surface area contributed by atoms with E-state index in [1.54, 1.807) is 0 Å². The van der Waals surface area contributed by atoms with Crippen molar-refractivity contribution in [3.8, 4) is 0 Å². The van der Waals surface area contributed by atoms with Crippen LogP contribution in [0.15, 0.2) is 0 Å². The van der Waals surface area contributed by atoms with Crippen LogP contribution in [0.25, 0.3) is 0 Å². The Hall–Kier alpha value is -0.700. The number of carboxylic acids is 1. The first-order chi connectivity index (χ1) is 5.39. The Bertz CT molecular complexity index is 248. The maximum absolute atomic E-state index is 10.5. The summed E-state index contributed by atoms with van der Waals surface area (Å²) >= 11 is 0. The third-order valence-corrected chi connectivity index (χ3v) is 2.21. The molecule has 0 aliphatic heterocycles. The molecule has 0 saturated heterocycles. The Morgan fingerprint density at radius 3 is 2.42 bits per heavy atom. The van der Waals surface area contributed by atoms with Crippen LogP contribution in [0.5, 0.6) is 0 Å². The Balaban J connectivity index is 3.92. The van der Waals surface area contributed by atoms with Crippen molar-refractivity contribution in [3.63, 3.8) is 0 Å². The minimum atomic E-state index is -3.79. The molecule has 0 heterocycles. The summed E-state index contributed by atoms with van der Waals surface area (Å²) in [6, 6.07) is -1.23. The molecule has 0 aliphatic carbocycles. The molecule has 8 heteroatoms. The Morgan fingerprint density at radius 2 is 2.08 bits per heavy atom. The summed E-state index contributed by atoms with van der Waals surface area (Å²) in [6.45, 7) is 0. The molecule has 72 valence electrons. The summed E-state index contributed by atoms with van der Waals surface area (Å²) in [4.78, 5) is 11.2. The highest BCUT2D eigenvalue weighted by Gasteiger charge is 2.16. The predicted molar refractivity (Wildman–Crippen MR) is 38.9 cm³/mol. The number of hydrogen-bond donors (Lipinski definition) is 4. The van der Waals surface area contributed by atoms with Crippen LogP contribution >= 0.6 is 0 Å². The highest BCUT2D eigenvalue weighted by Crippen LogP contribution is 1.92. The second-order valence-electron chi connectivity index (χ2n) is 2.14. The highest BCUT2D eigenvalue weighted by atomic mass is 32.2. The topological polar surface area (TPSA) is 130 Å². The third-order valence-electron chi connectivity index (χ3n) is 1.15. The molecule has 1 unspecified atom stereocenters. The molecule has 0 rings (SSSR count). The fraction of sp³-hybridized carbons (Fsp3) is 0.750. The molecule has 0 aromatic rings. The number of hydrogen-bond acceptors (Lipinski definition) is 5. The minimum absolute atomic E-state index is 0.245. The van der Waals surface area contributed by atoms with Crippen molar-refractivity contribution >= 4 is 16.0 Å². The lowest BCUT2D eigenvalue weighted by Crippen LogP contribution is -2.34. The fourth-order valence-electron chi connectivity index (χ4n) is 0.451. The first-order valence-corrected chi connectivity index (χ1v) is 4.66. The monoisotopic (exact) mass is 198 g/mol. The van der Waals surface area contributed by atoms with Gasteiger partial charge in [0.15, 0.2) is 0 Å². The van der Waals surface area contributed by atoms with Crippen LogP contribution in [-0.2, 0) is 14.8 Å². The molecule has 12 heavy (non-hydrogen) atoms. The van der Waals surface area contributed by atoms with Gasteiger partial charge in [0.1, 0.15) is 6.04 Å². The van der Waals surface area contributed by atoms with E-state index in [4.69, 9.17) is 16.0 Å². The Kier molecular flexibility index (Phi) is 4.10. The highest BCUT2D eigenvalue weighted by molar-refractivity contribution is 7.89. The normalized spacial score (nSPS) is 14.2. The Labute approximate surface area is 69.2 Å². The molecular formula is C4H10N2O5S. The average molecular weight is 198 g/mol. The lowest BCUT2D eigenvalue weighted by atomic mass is 10.2. The van der Waals surface area contributed by atoms with E-state index in [1.165, 1.54) is 0 Å². The SMILES string of the molecule is NC(CCS(=O)(=O)NO)C(=O)O. The maximum atomic E-state index is 10.5. The summed E-state index contributed by atoms with van der Waals surface area (Å²) in [5.74, 6) is -1.79. The molecule has 0 fully saturated rings. The number of nitrogens with two attached hydrogens (primary N) is 1. The van der Waals surface area contributed by atoms with Crippen LogP contribution in [-0.4, -0.2) is 36.5 Å². The zero-order chi connectivity index (χ0) is 9.78. The lowest BCUT2D eigenvalue weighted by Gasteiger charge is -2.04. The van der Waals surface area contributed by atoms with Gasteiger partial charge in [-0.05, 0) is 6.42 Å². The van der Waals surface area contributed by atoms with Gasteiger partial charge in [-0.25, -0.2) is 8.42 Å². The first kappa shape index (κ1) is 11.3. The molecule has 0 spiro atoms. The molecule has 0 aromatic carbocycles. The second-order valence-corrected chi connectivity index (χ2v) is 3.96. The van der Waals surface area contributed by atoms with Crippen molar-refractivity contribution in [1.29, 1.82) is 0 Å². The van der Waals surface area contributed by atoms with Gasteiger partial charge in [0, 0.05) is 0 Å².